The summed E-state index contributed by atoms with van der Waals surface area (Å²) in [6.45, 7) is 5.72. The Morgan fingerprint density at radius 3 is 2.52 bits per heavy atom. The molecule has 0 saturated heterocycles. The van der Waals surface area contributed by atoms with Gasteiger partial charge in [0.25, 0.3) is 5.95 Å². The third-order valence-corrected chi connectivity index (χ3v) is 4.82. The zero-order valence-electron chi connectivity index (χ0n) is 16.9. The lowest BCUT2D eigenvalue weighted by Crippen LogP contribution is -2.18. The summed E-state index contributed by atoms with van der Waals surface area (Å²) in [5.41, 5.74) is 2.62. The number of hydrogen-bond donors (Lipinski definition) is 1. The molecule has 2 heterocycles. The molecule has 0 atom stereocenters. The number of rotatable bonds is 7. The van der Waals surface area contributed by atoms with E-state index in [1.807, 2.05) is 6.92 Å². The molecule has 0 aliphatic rings. The van der Waals surface area contributed by atoms with Gasteiger partial charge < -0.3 is 4.74 Å². The number of H-pyrrole nitrogens is 1. The van der Waals surface area contributed by atoms with Crippen LogP contribution in [0.1, 0.15) is 36.7 Å². The largest absolute Gasteiger partial charge is 0.497 e. The van der Waals surface area contributed by atoms with Crippen molar-refractivity contribution < 1.29 is 4.74 Å². The first-order chi connectivity index (χ1) is 13.9. The van der Waals surface area contributed by atoms with Crippen LogP contribution in [0.3, 0.4) is 0 Å². The first kappa shape index (κ1) is 20.7. The van der Waals surface area contributed by atoms with Crippen LogP contribution in [0.15, 0.2) is 39.3 Å². The van der Waals surface area contributed by atoms with Crippen LogP contribution in [0.4, 0.5) is 11.4 Å². The third-order valence-electron chi connectivity index (χ3n) is 4.51. The van der Waals surface area contributed by atoms with Crippen molar-refractivity contribution in [3.63, 3.8) is 0 Å². The van der Waals surface area contributed by atoms with Gasteiger partial charge in [0.05, 0.1) is 18.5 Å². The summed E-state index contributed by atoms with van der Waals surface area (Å²) in [6.07, 6.45) is 2.86. The van der Waals surface area contributed by atoms with Gasteiger partial charge >= 0.3 is 5.56 Å². The SMILES string of the molecule is CCCCc1c(C)nc(-n2[nH]c(C)c(N=Nc3ccc(OC)cc3)c2=O)nc1Cl. The van der Waals surface area contributed by atoms with Crippen LogP contribution in [0, 0.1) is 13.8 Å². The Balaban J connectivity index is 1.93. The number of nitrogens with zero attached hydrogens (tertiary/aromatic N) is 5. The van der Waals surface area contributed by atoms with E-state index in [0.29, 0.717) is 16.5 Å². The van der Waals surface area contributed by atoms with Crippen molar-refractivity contribution in [1.82, 2.24) is 19.7 Å². The highest BCUT2D eigenvalue weighted by atomic mass is 35.5. The van der Waals surface area contributed by atoms with Gasteiger partial charge in [0.1, 0.15) is 10.9 Å². The fourth-order valence-electron chi connectivity index (χ4n) is 2.84. The minimum absolute atomic E-state index is 0.187. The number of aromatic nitrogens is 4. The lowest BCUT2D eigenvalue weighted by molar-refractivity contribution is 0.415. The van der Waals surface area contributed by atoms with E-state index in [1.165, 1.54) is 4.68 Å². The highest BCUT2D eigenvalue weighted by Crippen LogP contribution is 2.23. The zero-order valence-corrected chi connectivity index (χ0v) is 17.6. The Morgan fingerprint density at radius 1 is 1.17 bits per heavy atom. The number of benzene rings is 1. The van der Waals surface area contributed by atoms with E-state index in [4.69, 9.17) is 16.3 Å². The van der Waals surface area contributed by atoms with Crippen LogP contribution >= 0.6 is 11.6 Å². The summed E-state index contributed by atoms with van der Waals surface area (Å²) < 4.78 is 6.35. The maximum atomic E-state index is 12.8. The molecule has 3 aromatic rings. The van der Waals surface area contributed by atoms with Gasteiger partial charge in [0, 0.05) is 11.3 Å². The second-order valence-corrected chi connectivity index (χ2v) is 6.96. The average molecular weight is 415 g/mol. The van der Waals surface area contributed by atoms with Crippen LogP contribution in [0.5, 0.6) is 5.75 Å². The number of hydrogen-bond acceptors (Lipinski definition) is 6. The monoisotopic (exact) mass is 414 g/mol. The van der Waals surface area contributed by atoms with Crippen LogP contribution in [0.2, 0.25) is 5.15 Å². The summed E-state index contributed by atoms with van der Waals surface area (Å²) in [5, 5.41) is 11.6. The highest BCUT2D eigenvalue weighted by molar-refractivity contribution is 6.30. The highest BCUT2D eigenvalue weighted by Gasteiger charge is 2.17. The molecule has 2 aromatic heterocycles. The number of aryl methyl sites for hydroxylation is 2. The predicted molar refractivity (Wildman–Crippen MR) is 112 cm³/mol. The molecule has 1 aromatic carbocycles. The molecule has 152 valence electrons. The second-order valence-electron chi connectivity index (χ2n) is 6.61. The van der Waals surface area contributed by atoms with Crippen molar-refractivity contribution in [1.29, 1.82) is 0 Å². The molecule has 0 amide bonds. The molecule has 0 aliphatic heterocycles. The number of nitrogens with one attached hydrogen (secondary N) is 1. The predicted octanol–water partition coefficient (Wildman–Crippen LogP) is 4.99. The van der Waals surface area contributed by atoms with Gasteiger partial charge in [-0.1, -0.05) is 24.9 Å². The summed E-state index contributed by atoms with van der Waals surface area (Å²) in [7, 11) is 1.59. The molecule has 1 N–H and O–H groups in total. The van der Waals surface area contributed by atoms with Gasteiger partial charge in [0.15, 0.2) is 5.69 Å². The molecular formula is C20H23ClN6O2. The Morgan fingerprint density at radius 2 is 1.90 bits per heavy atom. The van der Waals surface area contributed by atoms with Crippen molar-refractivity contribution in [2.75, 3.05) is 7.11 Å². The number of halogens is 1. The van der Waals surface area contributed by atoms with Gasteiger partial charge in [-0.05, 0) is 51.0 Å². The molecule has 9 heteroatoms. The Bertz CT molecular complexity index is 1060. The summed E-state index contributed by atoms with van der Waals surface area (Å²) in [6, 6.07) is 7.05. The smallest absolute Gasteiger partial charge is 0.301 e. The average Bonchev–Trinajstić information content (AvgIpc) is 2.99. The molecule has 0 bridgehead atoms. The number of aromatic amines is 1. The van der Waals surface area contributed by atoms with Crippen molar-refractivity contribution in [2.24, 2.45) is 10.2 Å². The fraction of sp³-hybridized carbons (Fsp3) is 0.350. The summed E-state index contributed by atoms with van der Waals surface area (Å²) >= 11 is 6.35. The first-order valence-electron chi connectivity index (χ1n) is 9.35. The number of ether oxygens (including phenoxy) is 1. The first-order valence-corrected chi connectivity index (χ1v) is 9.73. The van der Waals surface area contributed by atoms with E-state index in [1.54, 1.807) is 38.3 Å². The van der Waals surface area contributed by atoms with Crippen LogP contribution in [-0.2, 0) is 6.42 Å². The van der Waals surface area contributed by atoms with E-state index in [0.717, 1.165) is 36.3 Å². The Labute approximate surface area is 173 Å². The van der Waals surface area contributed by atoms with Crippen LogP contribution in [-0.4, -0.2) is 26.9 Å². The summed E-state index contributed by atoms with van der Waals surface area (Å²) in [5.74, 6) is 0.905. The molecule has 0 unspecified atom stereocenters. The van der Waals surface area contributed by atoms with E-state index < -0.39 is 5.56 Å². The number of unbranched alkanes of at least 4 members (excludes halogenated alkanes) is 1. The standard InChI is InChI=1S/C20H23ClN6O2/c1-5-6-7-16-12(2)22-20(23-18(16)21)27-19(28)17(13(3)26-27)25-24-14-8-10-15(29-4)11-9-14/h8-11,26H,5-7H2,1-4H3. The normalized spacial score (nSPS) is 11.3. The minimum atomic E-state index is -0.392. The molecule has 8 nitrogen and oxygen atoms in total. The summed E-state index contributed by atoms with van der Waals surface area (Å²) in [4.78, 5) is 21.6. The third kappa shape index (κ3) is 4.54. The van der Waals surface area contributed by atoms with Crippen LogP contribution < -0.4 is 10.3 Å². The van der Waals surface area contributed by atoms with E-state index in [-0.39, 0.29) is 11.6 Å². The van der Waals surface area contributed by atoms with Gasteiger partial charge in [-0.2, -0.15) is 14.8 Å². The lowest BCUT2D eigenvalue weighted by atomic mass is 10.1. The molecule has 29 heavy (non-hydrogen) atoms. The van der Waals surface area contributed by atoms with Gasteiger partial charge in [-0.3, -0.25) is 9.89 Å². The van der Waals surface area contributed by atoms with E-state index in [2.05, 4.69) is 32.2 Å². The topological polar surface area (TPSA) is 97.5 Å². The fourth-order valence-corrected chi connectivity index (χ4v) is 3.14. The van der Waals surface area contributed by atoms with Gasteiger partial charge in [0.2, 0.25) is 0 Å². The second kappa shape index (κ2) is 9.00. The quantitative estimate of drug-likeness (QED) is 0.434. The number of azo groups is 1. The molecule has 0 saturated carbocycles. The van der Waals surface area contributed by atoms with Crippen molar-refractivity contribution in [3.8, 4) is 11.7 Å². The minimum Gasteiger partial charge on any atom is -0.497 e. The van der Waals surface area contributed by atoms with E-state index >= 15 is 0 Å². The molecule has 3 rings (SSSR count). The lowest BCUT2D eigenvalue weighted by Gasteiger charge is -2.09. The Hall–Kier alpha value is -3.00. The van der Waals surface area contributed by atoms with Crippen LogP contribution in [0.25, 0.3) is 5.95 Å². The van der Waals surface area contributed by atoms with Crippen molar-refractivity contribution in [3.05, 3.63) is 56.7 Å². The molecule has 0 spiro atoms. The maximum absolute atomic E-state index is 12.8. The Kier molecular flexibility index (Phi) is 6.43. The van der Waals surface area contributed by atoms with Crippen molar-refractivity contribution in [2.45, 2.75) is 40.0 Å². The van der Waals surface area contributed by atoms with Gasteiger partial charge in [-0.15, -0.1) is 5.11 Å². The molecular weight excluding hydrogens is 392 g/mol. The zero-order chi connectivity index (χ0) is 21.0. The molecule has 0 radical (unpaired) electrons. The van der Waals surface area contributed by atoms with Crippen molar-refractivity contribution >= 4 is 23.0 Å². The number of methoxy groups -OCH3 is 1. The maximum Gasteiger partial charge on any atom is 0.301 e. The van der Waals surface area contributed by atoms with Gasteiger partial charge in [-0.25, -0.2) is 4.98 Å². The molecule has 0 aliphatic carbocycles. The van der Waals surface area contributed by atoms with E-state index in [9.17, 15) is 4.79 Å². The molecule has 0 fully saturated rings.